The summed E-state index contributed by atoms with van der Waals surface area (Å²) in [7, 11) is 0. The summed E-state index contributed by atoms with van der Waals surface area (Å²) in [6.45, 7) is 0. The van der Waals surface area contributed by atoms with Crippen LogP contribution in [0.15, 0.2) is 24.3 Å². The van der Waals surface area contributed by atoms with E-state index < -0.39 is 23.7 Å². The molecule has 1 aliphatic heterocycles. The Morgan fingerprint density at radius 1 is 1.00 bits per heavy atom. The van der Waals surface area contributed by atoms with Crippen LogP contribution in [0.1, 0.15) is 33.6 Å². The zero-order valence-electron chi connectivity index (χ0n) is 9.25. The molecule has 1 aromatic rings. The topological polar surface area (TPSA) is 91.8 Å². The average Bonchev–Trinajstić information content (AvgIpc) is 2.68. The highest BCUT2D eigenvalue weighted by Crippen LogP contribution is 2.18. The molecule has 3 amide bonds. The number of benzene rings is 1. The first kappa shape index (κ1) is 12.0. The van der Waals surface area contributed by atoms with Crippen LogP contribution >= 0.6 is 0 Å². The van der Waals surface area contributed by atoms with Gasteiger partial charge in [0.25, 0.3) is 5.91 Å². The molecule has 6 nitrogen and oxygen atoms in total. The zero-order valence-corrected chi connectivity index (χ0v) is 9.25. The van der Waals surface area contributed by atoms with Crippen LogP contribution in [0.2, 0.25) is 0 Å². The van der Waals surface area contributed by atoms with Crippen molar-refractivity contribution in [3.63, 3.8) is 0 Å². The van der Waals surface area contributed by atoms with Gasteiger partial charge in [0.15, 0.2) is 0 Å². The van der Waals surface area contributed by atoms with Crippen LogP contribution in [-0.2, 0) is 9.59 Å². The van der Waals surface area contributed by atoms with Crippen molar-refractivity contribution >= 4 is 23.7 Å². The molecule has 1 fully saturated rings. The van der Waals surface area contributed by atoms with Crippen LogP contribution in [0.5, 0.6) is 0 Å². The lowest BCUT2D eigenvalue weighted by molar-refractivity contribution is -0.135. The van der Waals surface area contributed by atoms with E-state index in [4.69, 9.17) is 5.11 Å². The number of likely N-dealkylation sites (tertiary alicyclic amines) is 1. The minimum atomic E-state index is -1.28. The van der Waals surface area contributed by atoms with Gasteiger partial charge in [0.05, 0.1) is 11.1 Å². The fourth-order valence-corrected chi connectivity index (χ4v) is 1.78. The number of carbonyl (C=O) groups is 4. The van der Waals surface area contributed by atoms with E-state index in [1.54, 1.807) is 0 Å². The quantitative estimate of drug-likeness (QED) is 0.775. The van der Waals surface area contributed by atoms with E-state index in [1.807, 2.05) is 0 Å². The van der Waals surface area contributed by atoms with Gasteiger partial charge in [0.2, 0.25) is 11.8 Å². The fourth-order valence-electron chi connectivity index (χ4n) is 1.78. The summed E-state index contributed by atoms with van der Waals surface area (Å²) in [4.78, 5) is 46.3. The molecule has 0 spiro atoms. The number of amides is 3. The van der Waals surface area contributed by atoms with Gasteiger partial charge in [-0.3, -0.25) is 14.4 Å². The Balaban J connectivity index is 2.43. The molecule has 0 unspecified atom stereocenters. The Hall–Kier alpha value is -2.50. The number of hydrogen-bond donors (Lipinski definition) is 1. The van der Waals surface area contributed by atoms with Gasteiger partial charge < -0.3 is 5.11 Å². The van der Waals surface area contributed by atoms with Crippen LogP contribution in [-0.4, -0.2) is 33.7 Å². The van der Waals surface area contributed by atoms with E-state index in [-0.39, 0.29) is 24.0 Å². The first-order valence-corrected chi connectivity index (χ1v) is 5.25. The van der Waals surface area contributed by atoms with Gasteiger partial charge in [-0.25, -0.2) is 9.69 Å². The average molecular weight is 247 g/mol. The summed E-state index contributed by atoms with van der Waals surface area (Å²) in [5.74, 6) is -3.34. The van der Waals surface area contributed by atoms with Crippen molar-refractivity contribution in [2.24, 2.45) is 0 Å². The Kier molecular flexibility index (Phi) is 2.93. The molecule has 0 bridgehead atoms. The predicted molar refractivity (Wildman–Crippen MR) is 58.8 cm³/mol. The van der Waals surface area contributed by atoms with Crippen LogP contribution < -0.4 is 0 Å². The number of nitrogens with zero attached hydrogens (tertiary/aromatic N) is 1. The maximum Gasteiger partial charge on any atom is 0.336 e. The molecule has 1 aromatic carbocycles. The molecule has 1 heterocycles. The van der Waals surface area contributed by atoms with Gasteiger partial charge in [-0.05, 0) is 12.1 Å². The van der Waals surface area contributed by atoms with E-state index in [2.05, 4.69) is 0 Å². The van der Waals surface area contributed by atoms with E-state index in [0.29, 0.717) is 4.90 Å². The third-order valence-corrected chi connectivity index (χ3v) is 2.64. The molecule has 18 heavy (non-hydrogen) atoms. The number of aromatic carboxylic acids is 1. The molecule has 92 valence electrons. The van der Waals surface area contributed by atoms with Gasteiger partial charge in [-0.15, -0.1) is 0 Å². The molecule has 0 aliphatic carbocycles. The van der Waals surface area contributed by atoms with Crippen molar-refractivity contribution in [1.82, 2.24) is 4.90 Å². The zero-order chi connectivity index (χ0) is 13.3. The first-order chi connectivity index (χ1) is 8.52. The second-order valence-electron chi connectivity index (χ2n) is 3.78. The number of carbonyl (C=O) groups excluding carboxylic acids is 3. The lowest BCUT2D eigenvalue weighted by Crippen LogP contribution is -2.36. The van der Waals surface area contributed by atoms with Crippen molar-refractivity contribution in [3.8, 4) is 0 Å². The molecule has 1 saturated heterocycles. The Morgan fingerprint density at radius 3 is 2.00 bits per heavy atom. The SMILES string of the molecule is O=C(O)c1ccccc1C(=O)N1C(=O)CCC1=O. The minimum Gasteiger partial charge on any atom is -0.478 e. The van der Waals surface area contributed by atoms with Gasteiger partial charge in [0, 0.05) is 12.8 Å². The van der Waals surface area contributed by atoms with E-state index in [0.717, 1.165) is 0 Å². The summed E-state index contributed by atoms with van der Waals surface area (Å²) in [5.41, 5.74) is -0.386. The normalized spacial score (nSPS) is 15.0. The van der Waals surface area contributed by atoms with Crippen LogP contribution in [0, 0.1) is 0 Å². The van der Waals surface area contributed by atoms with Gasteiger partial charge in [-0.2, -0.15) is 0 Å². The van der Waals surface area contributed by atoms with Gasteiger partial charge >= 0.3 is 5.97 Å². The van der Waals surface area contributed by atoms with Crippen molar-refractivity contribution in [3.05, 3.63) is 35.4 Å². The lowest BCUT2D eigenvalue weighted by Gasteiger charge is -2.13. The lowest BCUT2D eigenvalue weighted by atomic mass is 10.1. The second-order valence-corrected chi connectivity index (χ2v) is 3.78. The maximum atomic E-state index is 12.0. The highest BCUT2D eigenvalue weighted by atomic mass is 16.4. The second kappa shape index (κ2) is 4.40. The number of carboxylic acid groups (broad SMARTS) is 1. The molecule has 6 heteroatoms. The van der Waals surface area contributed by atoms with Crippen molar-refractivity contribution in [2.45, 2.75) is 12.8 Å². The molecule has 1 aliphatic rings. The summed E-state index contributed by atoms with van der Waals surface area (Å²) in [5, 5.41) is 8.95. The molecule has 2 rings (SSSR count). The molecule has 1 N–H and O–H groups in total. The first-order valence-electron chi connectivity index (χ1n) is 5.25. The molecule has 0 aromatic heterocycles. The Morgan fingerprint density at radius 2 is 1.50 bits per heavy atom. The smallest absolute Gasteiger partial charge is 0.336 e. The highest BCUT2D eigenvalue weighted by Gasteiger charge is 2.36. The van der Waals surface area contributed by atoms with Crippen LogP contribution in [0.3, 0.4) is 0 Å². The third kappa shape index (κ3) is 1.88. The summed E-state index contributed by atoms with van der Waals surface area (Å²) in [6, 6.07) is 5.48. The third-order valence-electron chi connectivity index (χ3n) is 2.64. The molecule has 0 radical (unpaired) electrons. The van der Waals surface area contributed by atoms with Gasteiger partial charge in [0.1, 0.15) is 0 Å². The summed E-state index contributed by atoms with van der Waals surface area (Å²) < 4.78 is 0. The standard InChI is InChI=1S/C12H9NO5/c14-9-5-6-10(15)13(9)11(16)7-3-1-2-4-8(7)12(17)18/h1-4H,5-6H2,(H,17,18). The molecular formula is C12H9NO5. The predicted octanol–water partition coefficient (Wildman–Crippen LogP) is 0.674. The Labute approximate surface area is 102 Å². The largest absolute Gasteiger partial charge is 0.478 e. The number of carboxylic acids is 1. The molecular weight excluding hydrogens is 238 g/mol. The Bertz CT molecular complexity index is 547. The number of hydrogen-bond acceptors (Lipinski definition) is 4. The van der Waals surface area contributed by atoms with E-state index in [1.165, 1.54) is 24.3 Å². The molecule has 0 atom stereocenters. The van der Waals surface area contributed by atoms with E-state index in [9.17, 15) is 19.2 Å². The summed E-state index contributed by atoms with van der Waals surface area (Å²) in [6.07, 6.45) is -0.0282. The van der Waals surface area contributed by atoms with Crippen LogP contribution in [0.25, 0.3) is 0 Å². The highest BCUT2D eigenvalue weighted by molar-refractivity contribution is 6.21. The van der Waals surface area contributed by atoms with Crippen molar-refractivity contribution in [1.29, 1.82) is 0 Å². The molecule has 0 saturated carbocycles. The number of rotatable bonds is 2. The minimum absolute atomic E-state index is 0.0141. The van der Waals surface area contributed by atoms with E-state index >= 15 is 0 Å². The van der Waals surface area contributed by atoms with Gasteiger partial charge in [-0.1, -0.05) is 12.1 Å². The number of imide groups is 3. The monoisotopic (exact) mass is 247 g/mol. The van der Waals surface area contributed by atoms with Crippen molar-refractivity contribution < 1.29 is 24.3 Å². The fraction of sp³-hybridized carbons (Fsp3) is 0.167. The van der Waals surface area contributed by atoms with Crippen molar-refractivity contribution in [2.75, 3.05) is 0 Å². The summed E-state index contributed by atoms with van der Waals surface area (Å²) >= 11 is 0. The maximum absolute atomic E-state index is 12.0. The van der Waals surface area contributed by atoms with Crippen LogP contribution in [0.4, 0.5) is 0 Å².